The van der Waals surface area contributed by atoms with E-state index >= 15 is 0 Å². The number of hydrogen-bond donors (Lipinski definition) is 4. The maximum Gasteiger partial charge on any atom is 0.333 e. The summed E-state index contributed by atoms with van der Waals surface area (Å²) in [6, 6.07) is 11.7. The number of carbonyl (C=O) groups is 1. The van der Waals surface area contributed by atoms with Crippen molar-refractivity contribution in [1.82, 2.24) is 9.29 Å². The summed E-state index contributed by atoms with van der Waals surface area (Å²) in [6.07, 6.45) is 2.16. The first-order valence-corrected chi connectivity index (χ1v) is 13.3. The van der Waals surface area contributed by atoms with Gasteiger partial charge in [0.15, 0.2) is 0 Å². The molecule has 4 N–H and O–H groups in total. The van der Waals surface area contributed by atoms with Crippen molar-refractivity contribution in [3.8, 4) is 11.6 Å². The van der Waals surface area contributed by atoms with E-state index in [-0.39, 0.29) is 19.9 Å². The van der Waals surface area contributed by atoms with Crippen molar-refractivity contribution < 1.29 is 22.7 Å². The fourth-order valence-electron chi connectivity index (χ4n) is 3.63. The van der Waals surface area contributed by atoms with Crippen molar-refractivity contribution >= 4 is 61.1 Å². The lowest BCUT2D eigenvalue weighted by molar-refractivity contribution is 0.256. The van der Waals surface area contributed by atoms with Crippen LogP contribution in [0.4, 0.5) is 20.6 Å². The Morgan fingerprint density at radius 3 is 2.50 bits per heavy atom. The number of urea groups is 1. The highest BCUT2D eigenvalue weighted by atomic mass is 35.5. The molecule has 0 spiro atoms. The van der Waals surface area contributed by atoms with E-state index in [0.29, 0.717) is 16.8 Å². The summed E-state index contributed by atoms with van der Waals surface area (Å²) in [5.41, 5.74) is -0.143. The third-order valence-corrected chi connectivity index (χ3v) is 8.49. The van der Waals surface area contributed by atoms with Crippen LogP contribution in [0.5, 0.6) is 5.88 Å². The zero-order valence-corrected chi connectivity index (χ0v) is 20.7. The molecule has 2 aromatic heterocycles. The van der Waals surface area contributed by atoms with Crippen molar-refractivity contribution in [2.45, 2.75) is 23.1 Å². The van der Waals surface area contributed by atoms with Gasteiger partial charge < -0.3 is 15.7 Å². The lowest BCUT2D eigenvalue weighted by Crippen LogP contribution is -2.34. The predicted octanol–water partition coefficient (Wildman–Crippen LogP) is 4.64. The number of aromatic nitrogens is 1. The van der Waals surface area contributed by atoms with Crippen molar-refractivity contribution in [2.24, 2.45) is 0 Å². The van der Waals surface area contributed by atoms with Crippen LogP contribution >= 0.6 is 22.9 Å². The summed E-state index contributed by atoms with van der Waals surface area (Å²) < 4.78 is 42.2. The summed E-state index contributed by atoms with van der Waals surface area (Å²) in [6.45, 7) is 0. The molecule has 9 nitrogen and oxygen atoms in total. The first-order valence-electron chi connectivity index (χ1n) is 10.6. The Morgan fingerprint density at radius 2 is 1.83 bits per heavy atom. The van der Waals surface area contributed by atoms with E-state index in [1.54, 1.807) is 18.2 Å². The standard InChI is InChI=1S/C23H18ClFN4O5S2/c24-19-7-8-21(35-19)36(33,34)28-23(32)27-15-4-6-18(17(25)11-15)29-20(30)10-12-9-14(26-13-1-2-13)3-5-16(12)22(29)31/h3-11,13,26,31H,1-2H2,(H2,27,28,32). The molecule has 13 heteroatoms. The van der Waals surface area contributed by atoms with E-state index < -0.39 is 33.3 Å². The molecule has 2 aromatic carbocycles. The van der Waals surface area contributed by atoms with Crippen molar-refractivity contribution in [1.29, 1.82) is 0 Å². The number of pyridine rings is 1. The Labute approximate surface area is 213 Å². The van der Waals surface area contributed by atoms with E-state index in [4.69, 9.17) is 11.6 Å². The highest BCUT2D eigenvalue weighted by Crippen LogP contribution is 2.31. The van der Waals surface area contributed by atoms with Crippen LogP contribution in [-0.4, -0.2) is 30.2 Å². The van der Waals surface area contributed by atoms with Gasteiger partial charge in [0.25, 0.3) is 15.6 Å². The number of aromatic hydroxyl groups is 1. The van der Waals surface area contributed by atoms with Gasteiger partial charge in [-0.15, -0.1) is 11.3 Å². The molecule has 2 heterocycles. The van der Waals surface area contributed by atoms with Crippen LogP contribution in [0.25, 0.3) is 16.5 Å². The van der Waals surface area contributed by atoms with E-state index in [2.05, 4.69) is 10.6 Å². The maximum absolute atomic E-state index is 15.0. The topological polar surface area (TPSA) is 130 Å². The molecular formula is C23H18ClFN4O5S2. The van der Waals surface area contributed by atoms with Crippen LogP contribution in [0, 0.1) is 5.82 Å². The Hall–Kier alpha value is -3.61. The fraction of sp³-hybridized carbons (Fsp3) is 0.130. The molecule has 0 aliphatic heterocycles. The quantitative estimate of drug-likeness (QED) is 0.278. The Bertz CT molecular complexity index is 1680. The lowest BCUT2D eigenvalue weighted by Gasteiger charge is -2.14. The number of anilines is 2. The van der Waals surface area contributed by atoms with E-state index in [9.17, 15) is 27.5 Å². The van der Waals surface area contributed by atoms with Crippen LogP contribution in [0.1, 0.15) is 12.8 Å². The Morgan fingerprint density at radius 1 is 1.08 bits per heavy atom. The average molecular weight is 549 g/mol. The third kappa shape index (κ3) is 4.87. The zero-order chi connectivity index (χ0) is 25.6. The first-order chi connectivity index (χ1) is 17.1. The van der Waals surface area contributed by atoms with Gasteiger partial charge in [-0.1, -0.05) is 11.6 Å². The largest absolute Gasteiger partial charge is 0.494 e. The molecule has 5 rings (SSSR count). The predicted molar refractivity (Wildman–Crippen MR) is 136 cm³/mol. The maximum atomic E-state index is 15.0. The smallest absolute Gasteiger partial charge is 0.333 e. The van der Waals surface area contributed by atoms with Crippen LogP contribution in [0.2, 0.25) is 4.34 Å². The minimum Gasteiger partial charge on any atom is -0.494 e. The number of nitrogens with zero attached hydrogens (tertiary/aromatic N) is 1. The number of fused-ring (bicyclic) bond motifs is 1. The van der Waals surface area contributed by atoms with Gasteiger partial charge >= 0.3 is 6.03 Å². The van der Waals surface area contributed by atoms with Gasteiger partial charge in [-0.2, -0.15) is 0 Å². The summed E-state index contributed by atoms with van der Waals surface area (Å²) in [5, 5.41) is 17.2. The number of sulfonamides is 1. The van der Waals surface area contributed by atoms with Crippen LogP contribution < -0.4 is 20.9 Å². The van der Waals surface area contributed by atoms with Crippen LogP contribution in [-0.2, 0) is 10.0 Å². The summed E-state index contributed by atoms with van der Waals surface area (Å²) in [5.74, 6) is -1.36. The van der Waals surface area contributed by atoms with Gasteiger partial charge in [-0.25, -0.2) is 26.9 Å². The first kappa shape index (κ1) is 24.1. The van der Waals surface area contributed by atoms with Gasteiger partial charge in [0.1, 0.15) is 10.0 Å². The summed E-state index contributed by atoms with van der Waals surface area (Å²) >= 11 is 6.51. The summed E-state index contributed by atoms with van der Waals surface area (Å²) in [4.78, 5) is 24.9. The average Bonchev–Trinajstić information content (AvgIpc) is 3.50. The molecule has 4 aromatic rings. The molecule has 0 bridgehead atoms. The molecule has 0 atom stereocenters. The SMILES string of the molecule is O=C(Nc1ccc(-n2c(O)c3ccc(NC4CC4)cc3cc2=O)c(F)c1)NS(=O)(=O)c1ccc(Cl)s1. The molecule has 0 radical (unpaired) electrons. The number of nitrogens with one attached hydrogen (secondary N) is 3. The molecule has 2 amide bonds. The Kier molecular flexibility index (Phi) is 6.10. The Balaban J connectivity index is 1.39. The molecule has 1 aliphatic carbocycles. The number of amides is 2. The summed E-state index contributed by atoms with van der Waals surface area (Å²) in [7, 11) is -4.16. The molecule has 0 saturated heterocycles. The van der Waals surface area contributed by atoms with E-state index in [0.717, 1.165) is 40.5 Å². The van der Waals surface area contributed by atoms with Gasteiger partial charge in [0, 0.05) is 28.9 Å². The second-order valence-electron chi connectivity index (χ2n) is 8.15. The molecule has 1 aliphatic rings. The molecule has 36 heavy (non-hydrogen) atoms. The van der Waals surface area contributed by atoms with Gasteiger partial charge in [-0.3, -0.25) is 4.79 Å². The van der Waals surface area contributed by atoms with Crippen LogP contribution in [0.15, 0.2) is 63.6 Å². The second kappa shape index (κ2) is 9.12. The number of halogens is 2. The lowest BCUT2D eigenvalue weighted by atomic mass is 10.1. The third-order valence-electron chi connectivity index (χ3n) is 5.44. The van der Waals surface area contributed by atoms with Gasteiger partial charge in [0.05, 0.1) is 10.0 Å². The van der Waals surface area contributed by atoms with E-state index in [1.807, 2.05) is 4.72 Å². The number of rotatable bonds is 6. The number of thiophene rings is 1. The van der Waals surface area contributed by atoms with Crippen molar-refractivity contribution in [2.75, 3.05) is 10.6 Å². The van der Waals surface area contributed by atoms with Crippen LogP contribution in [0.3, 0.4) is 0 Å². The zero-order valence-electron chi connectivity index (χ0n) is 18.3. The second-order valence-corrected chi connectivity index (χ2v) is 11.8. The minimum atomic E-state index is -4.16. The highest BCUT2D eigenvalue weighted by Gasteiger charge is 2.22. The fourth-order valence-corrected chi connectivity index (χ4v) is 6.02. The highest BCUT2D eigenvalue weighted by molar-refractivity contribution is 7.92. The molecule has 186 valence electrons. The van der Waals surface area contributed by atoms with E-state index in [1.165, 1.54) is 30.3 Å². The van der Waals surface area contributed by atoms with Crippen molar-refractivity contribution in [3.63, 3.8) is 0 Å². The van der Waals surface area contributed by atoms with Crippen molar-refractivity contribution in [3.05, 3.63) is 75.1 Å². The van der Waals surface area contributed by atoms with Gasteiger partial charge in [0.2, 0.25) is 5.88 Å². The molecule has 1 fully saturated rings. The number of benzene rings is 2. The number of carbonyl (C=O) groups excluding carboxylic acids is 1. The molecule has 1 saturated carbocycles. The monoisotopic (exact) mass is 548 g/mol. The molecular weight excluding hydrogens is 531 g/mol. The number of hydrogen-bond acceptors (Lipinski definition) is 7. The molecule has 0 unspecified atom stereocenters. The van der Waals surface area contributed by atoms with Gasteiger partial charge in [-0.05, 0) is 66.8 Å². The normalized spacial score (nSPS) is 13.5. The minimum absolute atomic E-state index is 0.0720.